The molecule has 0 amide bonds. The Morgan fingerprint density at radius 3 is 2.35 bits per heavy atom. The molecule has 0 spiro atoms. The number of anilines is 1. The fourth-order valence-corrected chi connectivity index (χ4v) is 2.74. The third kappa shape index (κ3) is 3.16. The number of aryl methyl sites for hydroxylation is 3. The van der Waals surface area contributed by atoms with E-state index in [1.54, 1.807) is 4.68 Å². The number of hydrogen-bond donors (Lipinski definition) is 1. The number of nitrogens with zero attached hydrogens (tertiary/aromatic N) is 3. The molecule has 3 rings (SSSR count). The van der Waals surface area contributed by atoms with Gasteiger partial charge >= 0.3 is 0 Å². The largest absolute Gasteiger partial charge is 0.368 e. The summed E-state index contributed by atoms with van der Waals surface area (Å²) in [5.74, 6) is 0.377. The molecule has 2 N–H and O–H groups in total. The zero-order chi connectivity index (χ0) is 16.4. The number of nitrogen functional groups attached to an aromatic ring is 1. The Kier molecular flexibility index (Phi) is 3.98. The molecule has 1 aromatic heterocycles. The van der Waals surface area contributed by atoms with Crippen molar-refractivity contribution in [2.24, 2.45) is 5.10 Å². The van der Waals surface area contributed by atoms with Crippen LogP contribution in [0.2, 0.25) is 0 Å². The van der Waals surface area contributed by atoms with E-state index in [0.717, 1.165) is 16.8 Å². The van der Waals surface area contributed by atoms with Gasteiger partial charge in [-0.05, 0) is 31.9 Å². The van der Waals surface area contributed by atoms with Gasteiger partial charge in [0.05, 0.1) is 18.1 Å². The highest BCUT2D eigenvalue weighted by Gasteiger charge is 2.06. The number of benzene rings is 2. The van der Waals surface area contributed by atoms with Crippen molar-refractivity contribution in [2.45, 2.75) is 20.8 Å². The van der Waals surface area contributed by atoms with Crippen LogP contribution in [0, 0.1) is 20.8 Å². The van der Waals surface area contributed by atoms with Crippen molar-refractivity contribution in [3.8, 4) is 11.3 Å². The van der Waals surface area contributed by atoms with Crippen molar-refractivity contribution in [2.75, 3.05) is 5.73 Å². The Labute approximate surface area is 136 Å². The first-order valence-corrected chi connectivity index (χ1v) is 7.57. The van der Waals surface area contributed by atoms with Crippen molar-refractivity contribution >= 4 is 12.2 Å². The molecule has 3 aromatic rings. The summed E-state index contributed by atoms with van der Waals surface area (Å²) in [5.41, 5.74) is 12.6. The fourth-order valence-electron chi connectivity index (χ4n) is 2.74. The normalized spacial score (nSPS) is 11.3. The second-order valence-electron chi connectivity index (χ2n) is 5.75. The highest BCUT2D eigenvalue weighted by molar-refractivity contribution is 5.84. The minimum Gasteiger partial charge on any atom is -0.368 e. The molecule has 1 heterocycles. The maximum atomic E-state index is 5.98. The lowest BCUT2D eigenvalue weighted by molar-refractivity contribution is 0.897. The van der Waals surface area contributed by atoms with Crippen LogP contribution in [0.4, 0.5) is 5.95 Å². The molecular weight excluding hydrogens is 284 g/mol. The van der Waals surface area contributed by atoms with Crippen molar-refractivity contribution < 1.29 is 0 Å². The van der Waals surface area contributed by atoms with Gasteiger partial charge in [0.25, 0.3) is 0 Å². The molecule has 0 saturated heterocycles. The third-order valence-electron chi connectivity index (χ3n) is 3.83. The van der Waals surface area contributed by atoms with Gasteiger partial charge in [0, 0.05) is 11.1 Å². The summed E-state index contributed by atoms with van der Waals surface area (Å²) < 4.78 is 1.61. The minimum absolute atomic E-state index is 0.377. The molecule has 2 aromatic carbocycles. The van der Waals surface area contributed by atoms with Crippen molar-refractivity contribution in [1.82, 2.24) is 9.66 Å². The molecule has 0 bridgehead atoms. The highest BCUT2D eigenvalue weighted by atomic mass is 15.4. The maximum absolute atomic E-state index is 5.98. The van der Waals surface area contributed by atoms with E-state index < -0.39 is 0 Å². The maximum Gasteiger partial charge on any atom is 0.221 e. The Balaban J connectivity index is 1.94. The topological polar surface area (TPSA) is 56.2 Å². The predicted molar refractivity (Wildman–Crippen MR) is 95.7 cm³/mol. The zero-order valence-electron chi connectivity index (χ0n) is 13.6. The van der Waals surface area contributed by atoms with E-state index in [-0.39, 0.29) is 0 Å². The van der Waals surface area contributed by atoms with Gasteiger partial charge in [-0.2, -0.15) is 5.10 Å². The van der Waals surface area contributed by atoms with E-state index in [0.29, 0.717) is 5.95 Å². The number of rotatable bonds is 3. The molecule has 4 heteroatoms. The van der Waals surface area contributed by atoms with Crippen LogP contribution in [0.5, 0.6) is 0 Å². The summed E-state index contributed by atoms with van der Waals surface area (Å²) >= 11 is 0. The van der Waals surface area contributed by atoms with Gasteiger partial charge in [0.2, 0.25) is 5.95 Å². The van der Waals surface area contributed by atoms with Gasteiger partial charge in [0.15, 0.2) is 0 Å². The lowest BCUT2D eigenvalue weighted by Gasteiger charge is -2.06. The van der Waals surface area contributed by atoms with Crippen LogP contribution >= 0.6 is 0 Å². The van der Waals surface area contributed by atoms with Crippen LogP contribution in [-0.2, 0) is 0 Å². The van der Waals surface area contributed by atoms with Crippen LogP contribution in [-0.4, -0.2) is 15.9 Å². The molecule has 0 saturated carbocycles. The summed E-state index contributed by atoms with van der Waals surface area (Å²) in [6.45, 7) is 6.28. The van der Waals surface area contributed by atoms with Crippen molar-refractivity contribution in [3.05, 3.63) is 70.9 Å². The molecule has 0 aliphatic heterocycles. The molecule has 4 nitrogen and oxygen atoms in total. The molecule has 0 unspecified atom stereocenters. The Morgan fingerprint density at radius 2 is 1.70 bits per heavy atom. The van der Waals surface area contributed by atoms with Crippen LogP contribution in [0.3, 0.4) is 0 Å². The van der Waals surface area contributed by atoms with E-state index in [1.165, 1.54) is 16.7 Å². The summed E-state index contributed by atoms with van der Waals surface area (Å²) in [7, 11) is 0. The van der Waals surface area contributed by atoms with Crippen molar-refractivity contribution in [1.29, 1.82) is 0 Å². The highest BCUT2D eigenvalue weighted by Crippen LogP contribution is 2.19. The third-order valence-corrected chi connectivity index (χ3v) is 3.83. The van der Waals surface area contributed by atoms with Gasteiger partial charge in [-0.1, -0.05) is 48.0 Å². The molecule has 0 atom stereocenters. The molecule has 0 radical (unpaired) electrons. The van der Waals surface area contributed by atoms with Crippen LogP contribution in [0.25, 0.3) is 11.3 Å². The first-order chi connectivity index (χ1) is 11.0. The fraction of sp³-hybridized carbons (Fsp3) is 0.158. The first-order valence-electron chi connectivity index (χ1n) is 7.57. The predicted octanol–water partition coefficient (Wildman–Crippen LogP) is 3.94. The van der Waals surface area contributed by atoms with Crippen LogP contribution < -0.4 is 5.73 Å². The summed E-state index contributed by atoms with van der Waals surface area (Å²) in [6, 6.07) is 14.3. The number of aromatic nitrogens is 2. The second kappa shape index (κ2) is 6.08. The van der Waals surface area contributed by atoms with E-state index in [2.05, 4.69) is 43.0 Å². The molecule has 0 aliphatic carbocycles. The Morgan fingerprint density at radius 1 is 1.04 bits per heavy atom. The standard InChI is InChI=1S/C19H20N4/c1-13-9-14(2)17(15(3)10-13)11-21-23-12-18(22-19(23)20)16-7-5-4-6-8-16/h4-12H,1-3H3,(H2,20,22)/b21-11+. The monoisotopic (exact) mass is 304 g/mol. The lowest BCUT2D eigenvalue weighted by atomic mass is 10.0. The summed E-state index contributed by atoms with van der Waals surface area (Å²) in [4.78, 5) is 4.38. The average molecular weight is 304 g/mol. The number of nitrogens with two attached hydrogens (primary N) is 1. The quantitative estimate of drug-likeness (QED) is 0.745. The molecule has 116 valence electrons. The van der Waals surface area contributed by atoms with Gasteiger partial charge in [-0.25, -0.2) is 9.66 Å². The lowest BCUT2D eigenvalue weighted by Crippen LogP contribution is -1.99. The van der Waals surface area contributed by atoms with E-state index >= 15 is 0 Å². The Bertz CT molecular complexity index is 837. The van der Waals surface area contributed by atoms with Gasteiger partial charge in [-0.15, -0.1) is 0 Å². The number of imidazole rings is 1. The molecule has 0 aliphatic rings. The van der Waals surface area contributed by atoms with Crippen molar-refractivity contribution in [3.63, 3.8) is 0 Å². The van der Waals surface area contributed by atoms with E-state index in [4.69, 9.17) is 5.73 Å². The summed E-state index contributed by atoms with van der Waals surface area (Å²) in [6.07, 6.45) is 3.69. The smallest absolute Gasteiger partial charge is 0.221 e. The second-order valence-corrected chi connectivity index (χ2v) is 5.75. The SMILES string of the molecule is Cc1cc(C)c(/C=N/n2cc(-c3ccccc3)nc2N)c(C)c1. The average Bonchev–Trinajstić information content (AvgIpc) is 2.88. The molecule has 23 heavy (non-hydrogen) atoms. The Hall–Kier alpha value is -2.88. The van der Waals surface area contributed by atoms with Gasteiger partial charge in [-0.3, -0.25) is 0 Å². The van der Waals surface area contributed by atoms with Crippen LogP contribution in [0.1, 0.15) is 22.3 Å². The zero-order valence-corrected chi connectivity index (χ0v) is 13.6. The van der Waals surface area contributed by atoms with Crippen LogP contribution in [0.15, 0.2) is 53.8 Å². The van der Waals surface area contributed by atoms with E-state index in [9.17, 15) is 0 Å². The van der Waals surface area contributed by atoms with E-state index in [1.807, 2.05) is 42.7 Å². The number of hydrogen-bond acceptors (Lipinski definition) is 3. The first kappa shape index (κ1) is 15.0. The van der Waals surface area contributed by atoms with Gasteiger partial charge in [0.1, 0.15) is 0 Å². The van der Waals surface area contributed by atoms with Gasteiger partial charge < -0.3 is 5.73 Å². The molecular formula is C19H20N4. The molecule has 0 fully saturated rings. The minimum atomic E-state index is 0.377. The summed E-state index contributed by atoms with van der Waals surface area (Å²) in [5, 5.41) is 4.48.